The van der Waals surface area contributed by atoms with Crippen LogP contribution in [-0.2, 0) is 6.42 Å². The molecule has 1 aliphatic heterocycles. The van der Waals surface area contributed by atoms with Gasteiger partial charge >= 0.3 is 0 Å². The van der Waals surface area contributed by atoms with Crippen molar-refractivity contribution >= 4 is 38.7 Å². The van der Waals surface area contributed by atoms with Crippen molar-refractivity contribution in [2.45, 2.75) is 6.42 Å². The molecule has 0 radical (unpaired) electrons. The molecular formula is C17H14N2OS. The number of thiophene rings is 1. The maximum absolute atomic E-state index is 12.4. The maximum atomic E-state index is 12.4. The van der Waals surface area contributed by atoms with E-state index < -0.39 is 0 Å². The summed E-state index contributed by atoms with van der Waals surface area (Å²) in [6.07, 6.45) is 0.983. The van der Waals surface area contributed by atoms with E-state index in [1.807, 2.05) is 36.4 Å². The van der Waals surface area contributed by atoms with Crippen LogP contribution >= 0.6 is 11.3 Å². The molecule has 0 fully saturated rings. The zero-order valence-corrected chi connectivity index (χ0v) is 12.2. The highest BCUT2D eigenvalue weighted by Gasteiger charge is 2.13. The van der Waals surface area contributed by atoms with Gasteiger partial charge in [-0.05, 0) is 65.2 Å². The van der Waals surface area contributed by atoms with Crippen molar-refractivity contribution in [2.75, 3.05) is 17.2 Å². The van der Waals surface area contributed by atoms with Gasteiger partial charge in [-0.1, -0.05) is 0 Å². The van der Waals surface area contributed by atoms with E-state index in [0.717, 1.165) is 29.7 Å². The molecule has 0 atom stereocenters. The van der Waals surface area contributed by atoms with Gasteiger partial charge in [0.25, 0.3) is 5.91 Å². The monoisotopic (exact) mass is 294 g/mol. The first-order chi connectivity index (χ1) is 10.3. The minimum atomic E-state index is -0.0562. The summed E-state index contributed by atoms with van der Waals surface area (Å²) in [7, 11) is 0. The Bertz CT molecular complexity index is 838. The van der Waals surface area contributed by atoms with E-state index in [2.05, 4.69) is 22.1 Å². The number of benzene rings is 2. The SMILES string of the molecule is O=C(Nc1ccc2sccc2c1)c1ccc2c(c1)CCN2. The molecule has 3 nitrogen and oxygen atoms in total. The van der Waals surface area contributed by atoms with E-state index in [0.29, 0.717) is 5.56 Å². The number of hydrogen-bond acceptors (Lipinski definition) is 3. The zero-order chi connectivity index (χ0) is 14.2. The molecule has 0 aliphatic carbocycles. The van der Waals surface area contributed by atoms with Gasteiger partial charge in [0.15, 0.2) is 0 Å². The lowest BCUT2D eigenvalue weighted by Gasteiger charge is -2.07. The molecule has 1 aliphatic rings. The Morgan fingerprint density at radius 3 is 3.05 bits per heavy atom. The molecular weight excluding hydrogens is 280 g/mol. The summed E-state index contributed by atoms with van der Waals surface area (Å²) in [4.78, 5) is 12.4. The lowest BCUT2D eigenvalue weighted by molar-refractivity contribution is 0.102. The summed E-state index contributed by atoms with van der Waals surface area (Å²) in [6, 6.07) is 13.9. The molecule has 2 N–H and O–H groups in total. The molecule has 1 amide bonds. The first-order valence-electron chi connectivity index (χ1n) is 6.95. The Hall–Kier alpha value is -2.33. The lowest BCUT2D eigenvalue weighted by Crippen LogP contribution is -2.11. The lowest BCUT2D eigenvalue weighted by atomic mass is 10.1. The number of nitrogens with one attached hydrogen (secondary N) is 2. The third kappa shape index (κ3) is 2.28. The highest BCUT2D eigenvalue weighted by Crippen LogP contribution is 2.26. The second kappa shape index (κ2) is 4.90. The number of carbonyl (C=O) groups excluding carboxylic acids is 1. The van der Waals surface area contributed by atoms with Gasteiger partial charge in [-0.3, -0.25) is 4.79 Å². The Morgan fingerprint density at radius 1 is 1.14 bits per heavy atom. The highest BCUT2D eigenvalue weighted by atomic mass is 32.1. The molecule has 0 saturated carbocycles. The second-order valence-electron chi connectivity index (χ2n) is 5.18. The van der Waals surface area contributed by atoms with Crippen LogP contribution in [0.3, 0.4) is 0 Å². The van der Waals surface area contributed by atoms with Crippen LogP contribution in [0.1, 0.15) is 15.9 Å². The molecule has 21 heavy (non-hydrogen) atoms. The van der Waals surface area contributed by atoms with Crippen molar-refractivity contribution < 1.29 is 4.79 Å². The molecule has 0 spiro atoms. The molecule has 4 heteroatoms. The van der Waals surface area contributed by atoms with Crippen LogP contribution in [0.5, 0.6) is 0 Å². The average molecular weight is 294 g/mol. The molecule has 1 aromatic heterocycles. The Kier molecular flexibility index (Phi) is 2.89. The fraction of sp³-hybridized carbons (Fsp3) is 0.118. The van der Waals surface area contributed by atoms with Crippen molar-refractivity contribution in [3.05, 3.63) is 59.0 Å². The second-order valence-corrected chi connectivity index (χ2v) is 6.12. The first kappa shape index (κ1) is 12.4. The molecule has 0 bridgehead atoms. The average Bonchev–Trinajstić information content (AvgIpc) is 3.14. The summed E-state index contributed by atoms with van der Waals surface area (Å²) >= 11 is 1.71. The summed E-state index contributed by atoms with van der Waals surface area (Å²) < 4.78 is 1.23. The van der Waals surface area contributed by atoms with Crippen LogP contribution in [-0.4, -0.2) is 12.5 Å². The van der Waals surface area contributed by atoms with Gasteiger partial charge in [-0.2, -0.15) is 0 Å². The van der Waals surface area contributed by atoms with E-state index >= 15 is 0 Å². The third-order valence-corrected chi connectivity index (χ3v) is 4.69. The molecule has 0 saturated heterocycles. The van der Waals surface area contributed by atoms with Crippen LogP contribution in [0.4, 0.5) is 11.4 Å². The minimum absolute atomic E-state index is 0.0562. The van der Waals surface area contributed by atoms with E-state index in [9.17, 15) is 4.79 Å². The molecule has 2 heterocycles. The fourth-order valence-corrected chi connectivity index (χ4v) is 3.46. The maximum Gasteiger partial charge on any atom is 0.255 e. The number of anilines is 2. The minimum Gasteiger partial charge on any atom is -0.384 e. The van der Waals surface area contributed by atoms with Crippen LogP contribution in [0.15, 0.2) is 47.8 Å². The van der Waals surface area contributed by atoms with Crippen molar-refractivity contribution in [1.82, 2.24) is 0 Å². The van der Waals surface area contributed by atoms with Gasteiger partial charge < -0.3 is 10.6 Å². The first-order valence-corrected chi connectivity index (χ1v) is 7.83. The molecule has 0 unspecified atom stereocenters. The van der Waals surface area contributed by atoms with Crippen molar-refractivity contribution in [2.24, 2.45) is 0 Å². The summed E-state index contributed by atoms with van der Waals surface area (Å²) in [5.41, 5.74) is 3.91. The predicted molar refractivity (Wildman–Crippen MR) is 88.4 cm³/mol. The number of carbonyl (C=O) groups is 1. The van der Waals surface area contributed by atoms with Crippen LogP contribution in [0, 0.1) is 0 Å². The van der Waals surface area contributed by atoms with Crippen molar-refractivity contribution in [3.63, 3.8) is 0 Å². The standard InChI is InChI=1S/C17H14N2OS/c20-17(13-1-3-15-11(9-13)5-7-18-15)19-14-2-4-16-12(10-14)6-8-21-16/h1-4,6,8-10,18H,5,7H2,(H,19,20). The van der Waals surface area contributed by atoms with Gasteiger partial charge in [0.1, 0.15) is 0 Å². The van der Waals surface area contributed by atoms with Crippen LogP contribution in [0.25, 0.3) is 10.1 Å². The van der Waals surface area contributed by atoms with Crippen molar-refractivity contribution in [1.29, 1.82) is 0 Å². The van der Waals surface area contributed by atoms with E-state index in [4.69, 9.17) is 0 Å². The number of fused-ring (bicyclic) bond motifs is 2. The van der Waals surface area contributed by atoms with E-state index in [-0.39, 0.29) is 5.91 Å². The smallest absolute Gasteiger partial charge is 0.255 e. The Balaban J connectivity index is 1.59. The van der Waals surface area contributed by atoms with E-state index in [1.54, 1.807) is 11.3 Å². The Morgan fingerprint density at radius 2 is 2.10 bits per heavy atom. The van der Waals surface area contributed by atoms with Gasteiger partial charge in [0.05, 0.1) is 0 Å². The number of amides is 1. The van der Waals surface area contributed by atoms with Gasteiger partial charge in [-0.15, -0.1) is 11.3 Å². The Labute approximate surface area is 126 Å². The summed E-state index contributed by atoms with van der Waals surface area (Å²) in [5, 5.41) is 9.50. The quantitative estimate of drug-likeness (QED) is 0.746. The van der Waals surface area contributed by atoms with Gasteiger partial charge in [0, 0.05) is 28.2 Å². The third-order valence-electron chi connectivity index (χ3n) is 3.79. The van der Waals surface area contributed by atoms with Crippen LogP contribution in [0.2, 0.25) is 0 Å². The molecule has 2 aromatic carbocycles. The molecule has 4 rings (SSSR count). The summed E-state index contributed by atoms with van der Waals surface area (Å²) in [6.45, 7) is 0.954. The fourth-order valence-electron chi connectivity index (χ4n) is 2.69. The topological polar surface area (TPSA) is 41.1 Å². The largest absolute Gasteiger partial charge is 0.384 e. The number of rotatable bonds is 2. The molecule has 104 valence electrons. The summed E-state index contributed by atoms with van der Waals surface area (Å²) in [5.74, 6) is -0.0562. The number of hydrogen-bond donors (Lipinski definition) is 2. The van der Waals surface area contributed by atoms with E-state index in [1.165, 1.54) is 10.3 Å². The zero-order valence-electron chi connectivity index (χ0n) is 11.3. The van der Waals surface area contributed by atoms with Gasteiger partial charge in [0.2, 0.25) is 0 Å². The van der Waals surface area contributed by atoms with Crippen LogP contribution < -0.4 is 10.6 Å². The van der Waals surface area contributed by atoms with Gasteiger partial charge in [-0.25, -0.2) is 0 Å². The van der Waals surface area contributed by atoms with Crippen molar-refractivity contribution in [3.8, 4) is 0 Å². The normalized spacial score (nSPS) is 13.0. The predicted octanol–water partition coefficient (Wildman–Crippen LogP) is 4.12. The molecule has 3 aromatic rings. The highest BCUT2D eigenvalue weighted by molar-refractivity contribution is 7.17.